The highest BCUT2D eigenvalue weighted by Crippen LogP contribution is 2.07. The van der Waals surface area contributed by atoms with E-state index in [0.717, 1.165) is 6.42 Å². The van der Waals surface area contributed by atoms with Crippen LogP contribution in [0.1, 0.15) is 34.1 Å². The first-order valence-corrected chi connectivity index (χ1v) is 5.02. The van der Waals surface area contributed by atoms with E-state index in [1.807, 2.05) is 27.7 Å². The van der Waals surface area contributed by atoms with Crippen LogP contribution in [0.25, 0.3) is 0 Å². The molecular formula is C10H22N2O2. The molecule has 4 heteroatoms. The van der Waals surface area contributed by atoms with Crippen molar-refractivity contribution in [1.82, 2.24) is 5.32 Å². The minimum absolute atomic E-state index is 0.289. The lowest BCUT2D eigenvalue weighted by atomic mass is 10.0. The Balaban J connectivity index is 3.81. The maximum atomic E-state index is 11.3. The third kappa shape index (κ3) is 6.71. The summed E-state index contributed by atoms with van der Waals surface area (Å²) in [4.78, 5) is 11.3. The third-order valence-electron chi connectivity index (χ3n) is 1.76. The van der Waals surface area contributed by atoms with Gasteiger partial charge in [-0.1, -0.05) is 13.8 Å². The number of ether oxygens (including phenoxy) is 1. The van der Waals surface area contributed by atoms with Gasteiger partial charge in [0.05, 0.1) is 6.61 Å². The predicted molar refractivity (Wildman–Crippen MR) is 57.1 cm³/mol. The molecule has 0 aliphatic carbocycles. The zero-order chi connectivity index (χ0) is 11.2. The summed E-state index contributed by atoms with van der Waals surface area (Å²) in [6.07, 6.45) is 0.376. The van der Waals surface area contributed by atoms with Crippen LogP contribution in [0.2, 0.25) is 0 Å². The fraction of sp³-hybridized carbons (Fsp3) is 0.900. The summed E-state index contributed by atoms with van der Waals surface area (Å²) in [6.45, 7) is 8.85. The van der Waals surface area contributed by atoms with Gasteiger partial charge in [0.15, 0.2) is 0 Å². The molecule has 0 fully saturated rings. The molecule has 0 unspecified atom stereocenters. The topological polar surface area (TPSA) is 64.3 Å². The molecule has 0 radical (unpaired) electrons. The molecule has 0 saturated carbocycles. The van der Waals surface area contributed by atoms with Crippen molar-refractivity contribution in [1.29, 1.82) is 0 Å². The van der Waals surface area contributed by atoms with Gasteiger partial charge in [-0.2, -0.15) is 0 Å². The zero-order valence-corrected chi connectivity index (χ0v) is 9.59. The molecule has 0 rings (SSSR count). The number of alkyl carbamates (subject to hydrolysis) is 1. The van der Waals surface area contributed by atoms with Crippen LogP contribution >= 0.6 is 0 Å². The van der Waals surface area contributed by atoms with Crippen LogP contribution < -0.4 is 11.1 Å². The fourth-order valence-electron chi connectivity index (χ4n) is 0.978. The maximum Gasteiger partial charge on any atom is 0.407 e. The number of hydrogen-bond donors (Lipinski definition) is 2. The molecule has 84 valence electrons. The van der Waals surface area contributed by atoms with Crippen molar-refractivity contribution >= 4 is 6.09 Å². The Morgan fingerprint density at radius 2 is 2.07 bits per heavy atom. The Bertz CT molecular complexity index is 179. The third-order valence-corrected chi connectivity index (χ3v) is 1.76. The number of carbonyl (C=O) groups excluding carboxylic acids is 1. The molecule has 0 aliphatic heterocycles. The molecule has 0 spiro atoms. The SMILES string of the molecule is CC(C)COC(=O)NC(C)(C)CCN. The van der Waals surface area contributed by atoms with Gasteiger partial charge in [0.25, 0.3) is 0 Å². The van der Waals surface area contributed by atoms with E-state index >= 15 is 0 Å². The number of hydrogen-bond acceptors (Lipinski definition) is 3. The van der Waals surface area contributed by atoms with E-state index in [1.54, 1.807) is 0 Å². The van der Waals surface area contributed by atoms with Gasteiger partial charge in [-0.25, -0.2) is 4.79 Å². The summed E-state index contributed by atoms with van der Waals surface area (Å²) in [5, 5.41) is 2.77. The van der Waals surface area contributed by atoms with Crippen LogP contribution in [0.4, 0.5) is 4.79 Å². The number of amides is 1. The van der Waals surface area contributed by atoms with Gasteiger partial charge in [0.2, 0.25) is 0 Å². The quantitative estimate of drug-likeness (QED) is 0.710. The molecule has 0 saturated heterocycles. The van der Waals surface area contributed by atoms with Crippen molar-refractivity contribution in [3.8, 4) is 0 Å². The van der Waals surface area contributed by atoms with E-state index < -0.39 is 0 Å². The average molecular weight is 202 g/mol. The molecular weight excluding hydrogens is 180 g/mol. The van der Waals surface area contributed by atoms with Gasteiger partial charge < -0.3 is 15.8 Å². The summed E-state index contributed by atoms with van der Waals surface area (Å²) >= 11 is 0. The van der Waals surface area contributed by atoms with E-state index in [4.69, 9.17) is 10.5 Å². The highest BCUT2D eigenvalue weighted by Gasteiger charge is 2.19. The molecule has 0 bridgehead atoms. The van der Waals surface area contributed by atoms with Gasteiger partial charge in [0.1, 0.15) is 0 Å². The average Bonchev–Trinajstić information content (AvgIpc) is 1.99. The normalized spacial score (nSPS) is 11.6. The van der Waals surface area contributed by atoms with Crippen LogP contribution in [-0.4, -0.2) is 24.8 Å². The predicted octanol–water partition coefficient (Wildman–Crippen LogP) is 1.50. The minimum Gasteiger partial charge on any atom is -0.449 e. The van der Waals surface area contributed by atoms with Crippen molar-refractivity contribution < 1.29 is 9.53 Å². The molecule has 0 aromatic carbocycles. The van der Waals surface area contributed by atoms with Gasteiger partial charge in [-0.05, 0) is 32.7 Å². The maximum absolute atomic E-state index is 11.3. The van der Waals surface area contributed by atoms with Crippen LogP contribution in [0.15, 0.2) is 0 Å². The number of nitrogens with one attached hydrogen (secondary N) is 1. The van der Waals surface area contributed by atoms with Crippen molar-refractivity contribution in [3.05, 3.63) is 0 Å². The monoisotopic (exact) mass is 202 g/mol. The van der Waals surface area contributed by atoms with Gasteiger partial charge in [-0.3, -0.25) is 0 Å². The van der Waals surface area contributed by atoms with Gasteiger partial charge >= 0.3 is 6.09 Å². The Hall–Kier alpha value is -0.770. The second-order valence-electron chi connectivity index (χ2n) is 4.54. The Kier molecular flexibility index (Phi) is 5.53. The second-order valence-corrected chi connectivity index (χ2v) is 4.54. The fourth-order valence-corrected chi connectivity index (χ4v) is 0.978. The van der Waals surface area contributed by atoms with Gasteiger partial charge in [0, 0.05) is 5.54 Å². The summed E-state index contributed by atoms with van der Waals surface area (Å²) in [6, 6.07) is 0. The lowest BCUT2D eigenvalue weighted by Gasteiger charge is -2.25. The number of nitrogens with two attached hydrogens (primary N) is 1. The summed E-state index contributed by atoms with van der Waals surface area (Å²) in [5.74, 6) is 0.360. The Morgan fingerprint density at radius 3 is 2.50 bits per heavy atom. The minimum atomic E-state index is -0.364. The van der Waals surface area contributed by atoms with Crippen molar-refractivity contribution in [3.63, 3.8) is 0 Å². The largest absolute Gasteiger partial charge is 0.449 e. The van der Waals surface area contributed by atoms with Crippen molar-refractivity contribution in [2.24, 2.45) is 11.7 Å². The Morgan fingerprint density at radius 1 is 1.50 bits per heavy atom. The summed E-state index contributed by atoms with van der Waals surface area (Å²) < 4.78 is 4.99. The number of rotatable bonds is 5. The lowest BCUT2D eigenvalue weighted by Crippen LogP contribution is -2.45. The standard InChI is InChI=1S/C10H22N2O2/c1-8(2)7-14-9(13)12-10(3,4)5-6-11/h8H,5-7,11H2,1-4H3,(H,12,13). The van der Waals surface area contributed by atoms with E-state index in [-0.39, 0.29) is 11.6 Å². The molecule has 14 heavy (non-hydrogen) atoms. The van der Waals surface area contributed by atoms with E-state index in [0.29, 0.717) is 19.1 Å². The van der Waals surface area contributed by atoms with Crippen LogP contribution in [0.5, 0.6) is 0 Å². The van der Waals surface area contributed by atoms with Crippen molar-refractivity contribution in [2.75, 3.05) is 13.2 Å². The second kappa shape index (κ2) is 5.86. The van der Waals surface area contributed by atoms with E-state index in [2.05, 4.69) is 5.32 Å². The highest BCUT2D eigenvalue weighted by atomic mass is 16.5. The first-order valence-electron chi connectivity index (χ1n) is 5.02. The van der Waals surface area contributed by atoms with Crippen LogP contribution in [0.3, 0.4) is 0 Å². The summed E-state index contributed by atoms with van der Waals surface area (Å²) in [7, 11) is 0. The van der Waals surface area contributed by atoms with E-state index in [1.165, 1.54) is 0 Å². The molecule has 0 aliphatic rings. The highest BCUT2D eigenvalue weighted by molar-refractivity contribution is 5.68. The molecule has 0 aromatic heterocycles. The first kappa shape index (κ1) is 13.2. The van der Waals surface area contributed by atoms with Crippen molar-refractivity contribution in [2.45, 2.75) is 39.7 Å². The first-order chi connectivity index (χ1) is 6.37. The number of carbonyl (C=O) groups is 1. The van der Waals surface area contributed by atoms with Crippen LogP contribution in [0, 0.1) is 5.92 Å². The summed E-state index contributed by atoms with van der Waals surface area (Å²) in [5.41, 5.74) is 5.13. The zero-order valence-electron chi connectivity index (χ0n) is 9.59. The molecule has 0 atom stereocenters. The van der Waals surface area contributed by atoms with Crippen LogP contribution in [-0.2, 0) is 4.74 Å². The molecule has 4 nitrogen and oxygen atoms in total. The Labute approximate surface area is 86.2 Å². The molecule has 0 heterocycles. The molecule has 0 aromatic rings. The molecule has 3 N–H and O–H groups in total. The molecule has 1 amide bonds. The van der Waals surface area contributed by atoms with E-state index in [9.17, 15) is 4.79 Å². The lowest BCUT2D eigenvalue weighted by molar-refractivity contribution is 0.123. The smallest absolute Gasteiger partial charge is 0.407 e. The van der Waals surface area contributed by atoms with Gasteiger partial charge in [-0.15, -0.1) is 0 Å².